The zero-order valence-corrected chi connectivity index (χ0v) is 25.0. The zero-order valence-electron chi connectivity index (χ0n) is 25.0. The standard InChI is InChI=1S/C35H47NO5/c1-35(2,3)41-34(37)36-31(26-29-16-10-8-11-17-29)28-38-24-14-6-4-5-7-15-25-39-32-20-22-33(23-21-32)40-27-30-18-12-9-13-19-30/h8-13,16-23,31H,4-7,14-15,24-28H2,1-3H3,(H,36,37)/t31-/m1/s1. The topological polar surface area (TPSA) is 66.0 Å². The number of amides is 1. The molecule has 6 heteroatoms. The molecule has 222 valence electrons. The van der Waals surface area contributed by atoms with Gasteiger partial charge in [0.1, 0.15) is 23.7 Å². The molecular weight excluding hydrogens is 514 g/mol. The second-order valence-corrected chi connectivity index (χ2v) is 11.3. The summed E-state index contributed by atoms with van der Waals surface area (Å²) >= 11 is 0. The van der Waals surface area contributed by atoms with Gasteiger partial charge in [0.25, 0.3) is 0 Å². The van der Waals surface area contributed by atoms with Crippen LogP contribution in [0.4, 0.5) is 4.79 Å². The number of carbonyl (C=O) groups excluding carboxylic acids is 1. The summed E-state index contributed by atoms with van der Waals surface area (Å²) in [6, 6.07) is 28.0. The predicted molar refractivity (Wildman–Crippen MR) is 165 cm³/mol. The summed E-state index contributed by atoms with van der Waals surface area (Å²) in [4.78, 5) is 12.3. The van der Waals surface area contributed by atoms with Crippen LogP contribution in [0.25, 0.3) is 0 Å². The van der Waals surface area contributed by atoms with Gasteiger partial charge >= 0.3 is 6.09 Å². The van der Waals surface area contributed by atoms with E-state index >= 15 is 0 Å². The fraction of sp³-hybridized carbons (Fsp3) is 0.457. The summed E-state index contributed by atoms with van der Waals surface area (Å²) in [5.74, 6) is 1.72. The van der Waals surface area contributed by atoms with Crippen molar-refractivity contribution in [1.29, 1.82) is 0 Å². The first-order chi connectivity index (χ1) is 19.9. The van der Waals surface area contributed by atoms with E-state index in [1.165, 1.54) is 12.8 Å². The lowest BCUT2D eigenvalue weighted by Gasteiger charge is -2.24. The lowest BCUT2D eigenvalue weighted by molar-refractivity contribution is 0.0440. The first-order valence-electron chi connectivity index (χ1n) is 14.9. The van der Waals surface area contributed by atoms with Crippen LogP contribution in [-0.2, 0) is 22.5 Å². The molecule has 1 amide bonds. The molecule has 0 spiro atoms. The van der Waals surface area contributed by atoms with Crippen molar-refractivity contribution in [2.24, 2.45) is 0 Å². The van der Waals surface area contributed by atoms with Crippen LogP contribution in [-0.4, -0.2) is 37.6 Å². The number of carbonyl (C=O) groups is 1. The number of hydrogen-bond donors (Lipinski definition) is 1. The molecule has 0 saturated carbocycles. The van der Waals surface area contributed by atoms with Gasteiger partial charge in [-0.05, 0) is 75.4 Å². The lowest BCUT2D eigenvalue weighted by Crippen LogP contribution is -2.42. The fourth-order valence-electron chi connectivity index (χ4n) is 4.33. The van der Waals surface area contributed by atoms with Gasteiger partial charge in [0, 0.05) is 6.61 Å². The Bertz CT molecular complexity index is 1100. The van der Waals surface area contributed by atoms with Crippen LogP contribution in [0.1, 0.15) is 70.4 Å². The van der Waals surface area contributed by atoms with Crippen LogP contribution < -0.4 is 14.8 Å². The van der Waals surface area contributed by atoms with Crippen molar-refractivity contribution in [1.82, 2.24) is 5.32 Å². The van der Waals surface area contributed by atoms with Crippen LogP contribution in [0.15, 0.2) is 84.9 Å². The van der Waals surface area contributed by atoms with E-state index in [2.05, 4.69) is 29.6 Å². The summed E-state index contributed by atoms with van der Waals surface area (Å²) in [6.07, 6.45) is 7.00. The Morgan fingerprint density at radius 3 is 1.83 bits per heavy atom. The van der Waals surface area contributed by atoms with Crippen molar-refractivity contribution < 1.29 is 23.7 Å². The molecule has 0 fully saturated rings. The third kappa shape index (κ3) is 14.6. The highest BCUT2D eigenvalue weighted by atomic mass is 16.6. The number of unbranched alkanes of at least 4 members (excludes halogenated alkanes) is 5. The van der Waals surface area contributed by atoms with E-state index in [0.29, 0.717) is 26.2 Å². The van der Waals surface area contributed by atoms with Gasteiger partial charge in [-0.1, -0.05) is 86.3 Å². The van der Waals surface area contributed by atoms with Crippen LogP contribution in [0, 0.1) is 0 Å². The van der Waals surface area contributed by atoms with Gasteiger partial charge in [0.2, 0.25) is 0 Å². The predicted octanol–water partition coefficient (Wildman–Crippen LogP) is 8.14. The van der Waals surface area contributed by atoms with Crippen molar-refractivity contribution in [3.63, 3.8) is 0 Å². The summed E-state index contributed by atoms with van der Waals surface area (Å²) < 4.78 is 23.1. The Morgan fingerprint density at radius 1 is 0.683 bits per heavy atom. The van der Waals surface area contributed by atoms with E-state index in [1.54, 1.807) is 0 Å². The maximum Gasteiger partial charge on any atom is 0.407 e. The Kier molecular flexibility index (Phi) is 14.1. The molecular formula is C35H47NO5. The van der Waals surface area contributed by atoms with E-state index in [1.807, 2.05) is 81.4 Å². The average molecular weight is 562 g/mol. The van der Waals surface area contributed by atoms with Crippen molar-refractivity contribution >= 4 is 6.09 Å². The fourth-order valence-corrected chi connectivity index (χ4v) is 4.33. The number of hydrogen-bond acceptors (Lipinski definition) is 5. The van der Waals surface area contributed by atoms with E-state index in [0.717, 1.165) is 54.9 Å². The minimum atomic E-state index is -0.530. The third-order valence-corrected chi connectivity index (χ3v) is 6.39. The van der Waals surface area contributed by atoms with Gasteiger partial charge in [0.15, 0.2) is 0 Å². The molecule has 0 saturated heterocycles. The molecule has 3 aromatic carbocycles. The number of alkyl carbamates (subject to hydrolysis) is 1. The van der Waals surface area contributed by atoms with Gasteiger partial charge in [0.05, 0.1) is 19.3 Å². The molecule has 0 aliphatic rings. The summed E-state index contributed by atoms with van der Waals surface area (Å²) in [5.41, 5.74) is 1.78. The molecule has 0 radical (unpaired) electrons. The Balaban J connectivity index is 1.21. The maximum absolute atomic E-state index is 12.3. The van der Waals surface area contributed by atoms with E-state index in [9.17, 15) is 4.79 Å². The van der Waals surface area contributed by atoms with Crippen LogP contribution in [0.2, 0.25) is 0 Å². The first kappa shape index (κ1) is 32.0. The van der Waals surface area contributed by atoms with E-state index in [-0.39, 0.29) is 6.04 Å². The minimum Gasteiger partial charge on any atom is -0.494 e. The largest absolute Gasteiger partial charge is 0.494 e. The van der Waals surface area contributed by atoms with Crippen molar-refractivity contribution in [3.05, 3.63) is 96.1 Å². The average Bonchev–Trinajstić information content (AvgIpc) is 2.95. The van der Waals surface area contributed by atoms with Gasteiger partial charge in [-0.3, -0.25) is 0 Å². The Hall–Kier alpha value is -3.51. The van der Waals surface area contributed by atoms with Gasteiger partial charge in [-0.25, -0.2) is 4.79 Å². The first-order valence-corrected chi connectivity index (χ1v) is 14.9. The number of benzene rings is 3. The number of ether oxygens (including phenoxy) is 4. The quantitative estimate of drug-likeness (QED) is 0.159. The van der Waals surface area contributed by atoms with Crippen LogP contribution in [0.3, 0.4) is 0 Å². The Labute approximate surface area is 246 Å². The Morgan fingerprint density at radius 2 is 1.22 bits per heavy atom. The monoisotopic (exact) mass is 561 g/mol. The minimum absolute atomic E-state index is 0.134. The van der Waals surface area contributed by atoms with Gasteiger partial charge < -0.3 is 24.3 Å². The second kappa shape index (κ2) is 18.0. The number of rotatable bonds is 18. The van der Waals surface area contributed by atoms with Gasteiger partial charge in [-0.2, -0.15) is 0 Å². The lowest BCUT2D eigenvalue weighted by atomic mass is 10.1. The molecule has 0 aliphatic heterocycles. The molecule has 6 nitrogen and oxygen atoms in total. The molecule has 0 unspecified atom stereocenters. The summed E-state index contributed by atoms with van der Waals surface area (Å²) in [7, 11) is 0. The van der Waals surface area contributed by atoms with Crippen molar-refractivity contribution in [3.8, 4) is 11.5 Å². The molecule has 0 aromatic heterocycles. The van der Waals surface area contributed by atoms with Crippen molar-refractivity contribution in [2.45, 2.75) is 84.0 Å². The maximum atomic E-state index is 12.3. The molecule has 41 heavy (non-hydrogen) atoms. The molecule has 3 aromatic rings. The van der Waals surface area contributed by atoms with Crippen LogP contribution in [0.5, 0.6) is 11.5 Å². The van der Waals surface area contributed by atoms with Crippen molar-refractivity contribution in [2.75, 3.05) is 19.8 Å². The smallest absolute Gasteiger partial charge is 0.407 e. The number of nitrogens with one attached hydrogen (secondary N) is 1. The molecule has 1 atom stereocenters. The SMILES string of the molecule is CC(C)(C)OC(=O)N[C@@H](COCCCCCCCCOc1ccc(OCc2ccccc2)cc1)Cc1ccccc1. The second-order valence-electron chi connectivity index (χ2n) is 11.3. The summed E-state index contributed by atoms with van der Waals surface area (Å²) in [6.45, 7) is 8.04. The molecule has 0 bridgehead atoms. The zero-order chi connectivity index (χ0) is 29.2. The highest BCUT2D eigenvalue weighted by molar-refractivity contribution is 5.68. The van der Waals surface area contributed by atoms with Gasteiger partial charge in [-0.15, -0.1) is 0 Å². The molecule has 0 heterocycles. The highest BCUT2D eigenvalue weighted by Gasteiger charge is 2.20. The molecule has 0 aliphatic carbocycles. The van der Waals surface area contributed by atoms with E-state index < -0.39 is 11.7 Å². The third-order valence-electron chi connectivity index (χ3n) is 6.39. The molecule has 3 rings (SSSR count). The van der Waals surface area contributed by atoms with Crippen LogP contribution >= 0.6 is 0 Å². The molecule has 1 N–H and O–H groups in total. The summed E-state index contributed by atoms with van der Waals surface area (Å²) in [5, 5.41) is 2.97. The van der Waals surface area contributed by atoms with E-state index in [4.69, 9.17) is 18.9 Å². The highest BCUT2D eigenvalue weighted by Crippen LogP contribution is 2.19. The normalized spacial score (nSPS) is 12.0.